The summed E-state index contributed by atoms with van der Waals surface area (Å²) in [7, 11) is 0. The van der Waals surface area contributed by atoms with Crippen molar-refractivity contribution in [3.8, 4) is 0 Å². The minimum atomic E-state index is 0. The van der Waals surface area contributed by atoms with Crippen LogP contribution in [0.4, 0.5) is 0 Å². The molecule has 0 fully saturated rings. The fourth-order valence-corrected chi connectivity index (χ4v) is 0. The third kappa shape index (κ3) is 18.2. The third-order valence-electron chi connectivity index (χ3n) is 0. The van der Waals surface area contributed by atoms with E-state index in [-0.39, 0.29) is 116 Å². The molecule has 0 N–H and O–H groups in total. The second-order valence-electron chi connectivity index (χ2n) is 0. The van der Waals surface area contributed by atoms with E-state index in [1.807, 2.05) is 0 Å². The van der Waals surface area contributed by atoms with Gasteiger partial charge in [-0.1, -0.05) is 0 Å². The number of hydrogen-bond donors (Lipinski definition) is 0. The van der Waals surface area contributed by atoms with Crippen molar-refractivity contribution < 1.29 is 55.0 Å². The maximum Gasteiger partial charge on any atom is 2.00 e. The van der Waals surface area contributed by atoms with Crippen molar-refractivity contribution in [2.75, 3.05) is 0 Å². The molecule has 0 aliphatic rings. The Bertz CT molecular complexity index is 9.61. The normalized spacial score (nSPS) is 0. The van der Waals surface area contributed by atoms with Gasteiger partial charge >= 0.3 is 54.6 Å². The van der Waals surface area contributed by atoms with Gasteiger partial charge in [-0.05, 0) is 0 Å². The molecule has 2 radical (unpaired) electrons. The summed E-state index contributed by atoms with van der Waals surface area (Å²) < 4.78 is 0. The molecule has 0 aliphatic heterocycles. The maximum atomic E-state index is 0. The first kappa shape index (κ1) is 37.0. The third-order valence-corrected chi connectivity index (χ3v) is 0. The zero-order chi connectivity index (χ0) is 0. The van der Waals surface area contributed by atoms with Crippen molar-refractivity contribution in [1.29, 1.82) is 0 Å². The Hall–Kier alpha value is 3.82. The van der Waals surface area contributed by atoms with E-state index in [2.05, 4.69) is 0 Å². The topological polar surface area (TPSA) is 0 Å². The molecule has 0 rings (SSSR count). The van der Waals surface area contributed by atoms with Crippen LogP contribution in [0.15, 0.2) is 0 Å². The van der Waals surface area contributed by atoms with Gasteiger partial charge < -0.3 is 34.1 Å². The van der Waals surface area contributed by atoms with Crippen LogP contribution < -0.4 is 0 Å². The SMILES string of the molecule is [Cd+2].[Hg].[Pb+2].[Se-2].[Se-2]. The Labute approximate surface area is 114 Å². The zero-order valence-corrected chi connectivity index (χ0v) is 19.6. The van der Waals surface area contributed by atoms with E-state index in [1.165, 1.54) is 0 Å². The largest absolute Gasteiger partial charge is 2.00 e. The first-order valence-electron chi connectivity index (χ1n) is 0. The van der Waals surface area contributed by atoms with Crippen molar-refractivity contribution >= 4 is 61.4 Å². The molecule has 0 aromatic heterocycles. The predicted molar refractivity (Wildman–Crippen MR) is 17.3 cm³/mol. The second kappa shape index (κ2) is 24.9. The molecule has 5 heavy (non-hydrogen) atoms. The van der Waals surface area contributed by atoms with Crippen LogP contribution in [0.2, 0.25) is 0 Å². The van der Waals surface area contributed by atoms with Gasteiger partial charge in [0.2, 0.25) is 0 Å². The molecule has 0 nitrogen and oxygen atoms in total. The fraction of sp³-hybridized carbons (Fsp3) is 0. The zero-order valence-electron chi connectivity index (χ0n) is 2.73. The van der Waals surface area contributed by atoms with E-state index in [0.29, 0.717) is 0 Å². The van der Waals surface area contributed by atoms with Gasteiger partial charge in [-0.3, -0.25) is 0 Å². The molecule has 5 heteroatoms. The van der Waals surface area contributed by atoms with E-state index in [1.54, 1.807) is 0 Å². The van der Waals surface area contributed by atoms with Crippen LogP contribution in [0.1, 0.15) is 0 Å². The first-order chi connectivity index (χ1) is 0. The molecular weight excluding hydrogens is 678 g/mol. The van der Waals surface area contributed by atoms with Gasteiger partial charge in [-0.25, -0.2) is 0 Å². The molecule has 0 atom stereocenters. The van der Waals surface area contributed by atoms with Crippen molar-refractivity contribution in [1.82, 2.24) is 0 Å². The monoisotopic (exact) mass is 684 g/mol. The smallest absolute Gasteiger partial charge is 2.00 e. The quantitative estimate of drug-likeness (QED) is 0.285. The van der Waals surface area contributed by atoms with Crippen LogP contribution in [0.3, 0.4) is 0 Å². The van der Waals surface area contributed by atoms with Crippen LogP contribution in [-0.2, 0) is 55.0 Å². The summed E-state index contributed by atoms with van der Waals surface area (Å²) in [6.07, 6.45) is 0. The summed E-state index contributed by atoms with van der Waals surface area (Å²) in [5, 5.41) is 0. The van der Waals surface area contributed by atoms with Gasteiger partial charge in [0, 0.05) is 27.7 Å². The minimum absolute atomic E-state index is 0. The molecule has 0 aliphatic carbocycles. The number of hydrogen-bond acceptors (Lipinski definition) is 0. The van der Waals surface area contributed by atoms with Gasteiger partial charge in [0.1, 0.15) is 0 Å². The van der Waals surface area contributed by atoms with E-state index in [4.69, 9.17) is 0 Å². The van der Waals surface area contributed by atoms with E-state index in [0.717, 1.165) is 0 Å². The average Bonchev–Trinajstić information content (AvgIpc) is 0. The molecule has 0 amide bonds. The first-order valence-corrected chi connectivity index (χ1v) is 0. The molecule has 0 aromatic carbocycles. The summed E-state index contributed by atoms with van der Waals surface area (Å²) in [6.45, 7) is 0. The Morgan fingerprint density at radius 2 is 0.800 bits per heavy atom. The van der Waals surface area contributed by atoms with Gasteiger partial charge in [0.05, 0.1) is 0 Å². The van der Waals surface area contributed by atoms with E-state index < -0.39 is 0 Å². The van der Waals surface area contributed by atoms with Crippen LogP contribution in [0, 0.1) is 0 Å². The van der Waals surface area contributed by atoms with Gasteiger partial charge in [0.15, 0.2) is 0 Å². The maximum absolute atomic E-state index is 0. The molecule has 0 saturated heterocycles. The molecule has 0 spiro atoms. The van der Waals surface area contributed by atoms with Crippen LogP contribution in [-0.4, -0.2) is 61.4 Å². The Morgan fingerprint density at radius 1 is 0.800 bits per heavy atom. The Kier molecular flexibility index (Phi) is 184. The van der Waals surface area contributed by atoms with Crippen LogP contribution in [0.5, 0.6) is 0 Å². The predicted octanol–water partition coefficient (Wildman–Crippen LogP) is -1.15. The van der Waals surface area contributed by atoms with Gasteiger partial charge in [0.25, 0.3) is 0 Å². The Morgan fingerprint density at radius 3 is 0.800 bits per heavy atom. The van der Waals surface area contributed by atoms with E-state index >= 15 is 0 Å². The minimum Gasteiger partial charge on any atom is -2.00 e. The summed E-state index contributed by atoms with van der Waals surface area (Å²) in [5.74, 6) is 0. The van der Waals surface area contributed by atoms with E-state index in [9.17, 15) is 0 Å². The summed E-state index contributed by atoms with van der Waals surface area (Å²) in [4.78, 5) is 0. The number of rotatable bonds is 0. The van der Waals surface area contributed by atoms with Crippen molar-refractivity contribution in [3.63, 3.8) is 0 Å². The fourth-order valence-electron chi connectivity index (χ4n) is 0. The molecule has 20 valence electrons. The molecule has 0 saturated carbocycles. The molecular formula is CdHgPbSe2. The van der Waals surface area contributed by atoms with Crippen molar-refractivity contribution in [3.05, 3.63) is 0 Å². The van der Waals surface area contributed by atoms with Crippen LogP contribution in [0.25, 0.3) is 0 Å². The summed E-state index contributed by atoms with van der Waals surface area (Å²) in [6, 6.07) is 0. The van der Waals surface area contributed by atoms with Gasteiger partial charge in [-0.15, -0.1) is 0 Å². The van der Waals surface area contributed by atoms with Crippen molar-refractivity contribution in [2.45, 2.75) is 0 Å². The molecule has 0 unspecified atom stereocenters. The summed E-state index contributed by atoms with van der Waals surface area (Å²) in [5.41, 5.74) is 0. The summed E-state index contributed by atoms with van der Waals surface area (Å²) >= 11 is 0. The standard InChI is InChI=1S/Cd.Hg.Pb.2Se/q+2;;+2;2*-2. The molecule has 0 bridgehead atoms. The second-order valence-corrected chi connectivity index (χ2v) is 0. The van der Waals surface area contributed by atoms with Gasteiger partial charge in [-0.2, -0.15) is 0 Å². The van der Waals surface area contributed by atoms with Crippen molar-refractivity contribution in [2.24, 2.45) is 0 Å². The molecule has 0 aromatic rings. The Balaban J connectivity index is 0. The van der Waals surface area contributed by atoms with Crippen LogP contribution >= 0.6 is 0 Å². The molecule has 0 heterocycles. The average molecular weight is 678 g/mol.